The van der Waals surface area contributed by atoms with Crippen LogP contribution in [-0.2, 0) is 9.59 Å². The quantitative estimate of drug-likeness (QED) is 0.727. The number of hydrogen-bond acceptors (Lipinski definition) is 3. The van der Waals surface area contributed by atoms with Crippen LogP contribution in [-0.4, -0.2) is 60.9 Å². The molecule has 5 heteroatoms. The number of nitrogens with one attached hydrogen (secondary N) is 1. The van der Waals surface area contributed by atoms with Gasteiger partial charge in [0, 0.05) is 32.6 Å². The lowest BCUT2D eigenvalue weighted by atomic mass is 10.0. The Morgan fingerprint density at radius 2 is 2.24 bits per heavy atom. The van der Waals surface area contributed by atoms with Crippen LogP contribution in [0.1, 0.15) is 25.7 Å². The smallest absolute Gasteiger partial charge is 0.241 e. The van der Waals surface area contributed by atoms with Crippen molar-refractivity contribution in [3.05, 3.63) is 0 Å². The Labute approximate surface area is 102 Å². The zero-order valence-electron chi connectivity index (χ0n) is 10.4. The van der Waals surface area contributed by atoms with Crippen molar-refractivity contribution in [2.75, 3.05) is 33.2 Å². The second-order valence-electron chi connectivity index (χ2n) is 4.98. The maximum atomic E-state index is 12.0. The van der Waals surface area contributed by atoms with Crippen LogP contribution in [0.25, 0.3) is 0 Å². The largest absolute Gasteiger partial charge is 0.342 e. The van der Waals surface area contributed by atoms with Crippen molar-refractivity contribution >= 4 is 11.8 Å². The maximum absolute atomic E-state index is 12.0. The Morgan fingerprint density at radius 3 is 2.88 bits per heavy atom. The first-order valence-electron chi connectivity index (χ1n) is 6.42. The highest BCUT2D eigenvalue weighted by Crippen LogP contribution is 2.12. The Hall–Kier alpha value is -1.10. The van der Waals surface area contributed by atoms with Crippen molar-refractivity contribution in [1.82, 2.24) is 15.1 Å². The van der Waals surface area contributed by atoms with Gasteiger partial charge < -0.3 is 15.1 Å². The van der Waals surface area contributed by atoms with Gasteiger partial charge in [-0.05, 0) is 19.4 Å². The van der Waals surface area contributed by atoms with E-state index in [1.165, 1.54) is 12.8 Å². The average molecular weight is 239 g/mol. The van der Waals surface area contributed by atoms with E-state index in [1.54, 1.807) is 16.8 Å². The van der Waals surface area contributed by atoms with Crippen molar-refractivity contribution in [3.63, 3.8) is 0 Å². The zero-order valence-corrected chi connectivity index (χ0v) is 10.4. The van der Waals surface area contributed by atoms with Crippen LogP contribution in [0.3, 0.4) is 0 Å². The normalized spacial score (nSPS) is 26.2. The van der Waals surface area contributed by atoms with Gasteiger partial charge in [-0.25, -0.2) is 0 Å². The summed E-state index contributed by atoms with van der Waals surface area (Å²) in [6.45, 7) is 2.60. The number of carbonyl (C=O) groups excluding carboxylic acids is 2. The number of rotatable bonds is 2. The number of carbonyl (C=O) groups is 2. The van der Waals surface area contributed by atoms with Gasteiger partial charge in [0.05, 0.1) is 6.54 Å². The highest BCUT2D eigenvalue weighted by molar-refractivity contribution is 5.86. The molecule has 2 heterocycles. The van der Waals surface area contributed by atoms with Gasteiger partial charge in [-0.2, -0.15) is 0 Å². The van der Waals surface area contributed by atoms with Crippen LogP contribution >= 0.6 is 0 Å². The van der Waals surface area contributed by atoms with Crippen molar-refractivity contribution in [2.45, 2.75) is 31.7 Å². The molecule has 0 aromatic heterocycles. The molecule has 2 aliphatic heterocycles. The standard InChI is InChI=1S/C12H21N3O2/c1-14-6-7-15(9-12(14)17)11(16)8-10-4-2-3-5-13-10/h10,13H,2-9H2,1H3. The van der Waals surface area contributed by atoms with E-state index in [9.17, 15) is 9.59 Å². The predicted octanol–water partition coefficient (Wildman–Crippen LogP) is -0.181. The lowest BCUT2D eigenvalue weighted by molar-refractivity contribution is -0.144. The minimum absolute atomic E-state index is 0.0428. The van der Waals surface area contributed by atoms with E-state index in [1.807, 2.05) is 0 Å². The zero-order chi connectivity index (χ0) is 12.3. The molecule has 2 saturated heterocycles. The number of likely N-dealkylation sites (N-methyl/N-ethyl adjacent to an activating group) is 1. The lowest BCUT2D eigenvalue weighted by Crippen LogP contribution is -2.51. The Morgan fingerprint density at radius 1 is 1.41 bits per heavy atom. The number of piperidine rings is 1. The van der Waals surface area contributed by atoms with E-state index in [-0.39, 0.29) is 18.4 Å². The fourth-order valence-electron chi connectivity index (χ4n) is 2.41. The van der Waals surface area contributed by atoms with Crippen molar-refractivity contribution in [1.29, 1.82) is 0 Å². The summed E-state index contributed by atoms with van der Waals surface area (Å²) < 4.78 is 0. The molecule has 17 heavy (non-hydrogen) atoms. The Balaban J connectivity index is 1.81. The minimum atomic E-state index is 0.0428. The summed E-state index contributed by atoms with van der Waals surface area (Å²) in [6.07, 6.45) is 4.02. The lowest BCUT2D eigenvalue weighted by Gasteiger charge is -2.33. The van der Waals surface area contributed by atoms with Crippen LogP contribution in [0, 0.1) is 0 Å². The van der Waals surface area contributed by atoms with Crippen LogP contribution in [0.15, 0.2) is 0 Å². The SMILES string of the molecule is CN1CCN(C(=O)CC2CCCCN2)CC1=O. The van der Waals surface area contributed by atoms with Gasteiger partial charge in [-0.3, -0.25) is 9.59 Å². The molecule has 1 atom stereocenters. The molecule has 0 aliphatic carbocycles. The van der Waals surface area contributed by atoms with Crippen molar-refractivity contribution in [2.24, 2.45) is 0 Å². The van der Waals surface area contributed by atoms with E-state index in [4.69, 9.17) is 0 Å². The highest BCUT2D eigenvalue weighted by atomic mass is 16.2. The van der Waals surface area contributed by atoms with E-state index in [0.29, 0.717) is 25.6 Å². The van der Waals surface area contributed by atoms with Gasteiger partial charge in [0.25, 0.3) is 0 Å². The van der Waals surface area contributed by atoms with Gasteiger partial charge in [0.1, 0.15) is 0 Å². The molecule has 0 spiro atoms. The highest BCUT2D eigenvalue weighted by Gasteiger charge is 2.26. The number of nitrogens with zero attached hydrogens (tertiary/aromatic N) is 2. The van der Waals surface area contributed by atoms with Crippen molar-refractivity contribution in [3.8, 4) is 0 Å². The molecule has 96 valence electrons. The van der Waals surface area contributed by atoms with E-state index < -0.39 is 0 Å². The van der Waals surface area contributed by atoms with Gasteiger partial charge in [-0.15, -0.1) is 0 Å². The molecule has 0 aromatic carbocycles. The van der Waals surface area contributed by atoms with Gasteiger partial charge in [0.2, 0.25) is 11.8 Å². The summed E-state index contributed by atoms with van der Waals surface area (Å²) in [4.78, 5) is 26.9. The molecule has 0 aromatic rings. The molecule has 1 unspecified atom stereocenters. The summed E-state index contributed by atoms with van der Waals surface area (Å²) >= 11 is 0. The number of hydrogen-bond donors (Lipinski definition) is 1. The van der Waals surface area contributed by atoms with Crippen LogP contribution in [0.5, 0.6) is 0 Å². The minimum Gasteiger partial charge on any atom is -0.342 e. The molecular weight excluding hydrogens is 218 g/mol. The predicted molar refractivity (Wildman–Crippen MR) is 64.5 cm³/mol. The third-order valence-electron chi connectivity index (χ3n) is 3.64. The van der Waals surface area contributed by atoms with E-state index >= 15 is 0 Å². The number of piperazine rings is 1. The summed E-state index contributed by atoms with van der Waals surface area (Å²) in [5.41, 5.74) is 0. The van der Waals surface area contributed by atoms with Gasteiger partial charge in [0.15, 0.2) is 0 Å². The first-order chi connectivity index (χ1) is 8.16. The third kappa shape index (κ3) is 3.19. The van der Waals surface area contributed by atoms with Crippen molar-refractivity contribution < 1.29 is 9.59 Å². The molecule has 2 fully saturated rings. The topological polar surface area (TPSA) is 52.6 Å². The fourth-order valence-corrected chi connectivity index (χ4v) is 2.41. The molecule has 2 aliphatic rings. The molecule has 5 nitrogen and oxygen atoms in total. The summed E-state index contributed by atoms with van der Waals surface area (Å²) in [7, 11) is 1.78. The monoisotopic (exact) mass is 239 g/mol. The summed E-state index contributed by atoms with van der Waals surface area (Å²) in [6, 6.07) is 0.311. The van der Waals surface area contributed by atoms with E-state index in [2.05, 4.69) is 5.32 Å². The Kier molecular flexibility index (Phi) is 3.99. The third-order valence-corrected chi connectivity index (χ3v) is 3.64. The van der Waals surface area contributed by atoms with Crippen LogP contribution < -0.4 is 5.32 Å². The summed E-state index contributed by atoms with van der Waals surface area (Å²) in [5, 5.41) is 3.37. The number of amides is 2. The molecule has 0 bridgehead atoms. The first-order valence-corrected chi connectivity index (χ1v) is 6.42. The molecule has 1 N–H and O–H groups in total. The van der Waals surface area contributed by atoms with Crippen LogP contribution in [0.2, 0.25) is 0 Å². The van der Waals surface area contributed by atoms with Gasteiger partial charge >= 0.3 is 0 Å². The molecule has 0 radical (unpaired) electrons. The maximum Gasteiger partial charge on any atom is 0.241 e. The first kappa shape index (κ1) is 12.4. The molecule has 0 saturated carbocycles. The summed E-state index contributed by atoms with van der Waals surface area (Å²) in [5.74, 6) is 0.159. The second-order valence-corrected chi connectivity index (χ2v) is 4.98. The second kappa shape index (κ2) is 5.49. The molecule has 2 amide bonds. The Bertz CT molecular complexity index is 300. The fraction of sp³-hybridized carbons (Fsp3) is 0.833. The van der Waals surface area contributed by atoms with Gasteiger partial charge in [-0.1, -0.05) is 6.42 Å². The molecule has 2 rings (SSSR count). The molecular formula is C12H21N3O2. The van der Waals surface area contributed by atoms with Crippen LogP contribution in [0.4, 0.5) is 0 Å². The average Bonchev–Trinajstić information content (AvgIpc) is 2.34. The van der Waals surface area contributed by atoms with E-state index in [0.717, 1.165) is 13.0 Å².